The highest BCUT2D eigenvalue weighted by molar-refractivity contribution is 6.05. The zero-order chi connectivity index (χ0) is 11.4. The van der Waals surface area contributed by atoms with E-state index in [0.717, 1.165) is 18.9 Å². The molecule has 0 spiro atoms. The molecule has 4 nitrogen and oxygen atoms in total. The molecule has 2 aliphatic rings. The zero-order valence-electron chi connectivity index (χ0n) is 9.63. The Bertz CT molecular complexity index is 272. The average Bonchev–Trinajstić information content (AvgIpc) is 2.84. The molecule has 2 rings (SSSR count). The molecule has 0 aromatic rings. The second-order valence-corrected chi connectivity index (χ2v) is 4.92. The summed E-state index contributed by atoms with van der Waals surface area (Å²) < 4.78 is 0. The number of amides is 2. The van der Waals surface area contributed by atoms with E-state index < -0.39 is 0 Å². The molecular formula is C12H20N2O2. The van der Waals surface area contributed by atoms with E-state index in [-0.39, 0.29) is 17.9 Å². The van der Waals surface area contributed by atoms with E-state index >= 15 is 0 Å². The topological polar surface area (TPSA) is 58.2 Å². The van der Waals surface area contributed by atoms with Gasteiger partial charge in [-0.25, -0.2) is 0 Å². The molecule has 1 heterocycles. The number of carbonyl (C=O) groups is 2. The fourth-order valence-electron chi connectivity index (χ4n) is 2.68. The van der Waals surface area contributed by atoms with Gasteiger partial charge in [0.2, 0.25) is 11.8 Å². The van der Waals surface area contributed by atoms with Crippen molar-refractivity contribution in [2.45, 2.75) is 51.0 Å². The molecule has 1 aliphatic carbocycles. The van der Waals surface area contributed by atoms with Gasteiger partial charge in [0, 0.05) is 0 Å². The maximum atomic E-state index is 11.2. The molecule has 2 amide bonds. The van der Waals surface area contributed by atoms with Gasteiger partial charge in [-0.15, -0.1) is 0 Å². The quantitative estimate of drug-likeness (QED) is 0.540. The minimum Gasteiger partial charge on any atom is -0.305 e. The second kappa shape index (κ2) is 5.43. The van der Waals surface area contributed by atoms with Gasteiger partial charge in [0.05, 0.1) is 12.5 Å². The summed E-state index contributed by atoms with van der Waals surface area (Å²) in [6.07, 6.45) is 8.21. The van der Waals surface area contributed by atoms with Crippen LogP contribution in [0.1, 0.15) is 44.9 Å². The molecule has 1 saturated heterocycles. The predicted octanol–water partition coefficient (Wildman–Crippen LogP) is 0.961. The lowest BCUT2D eigenvalue weighted by molar-refractivity contribution is -0.125. The summed E-state index contributed by atoms with van der Waals surface area (Å²) in [6.45, 7) is 0.849. The average molecular weight is 224 g/mol. The smallest absolute Gasteiger partial charge is 0.244 e. The Balaban J connectivity index is 1.57. The molecular weight excluding hydrogens is 204 g/mol. The molecule has 0 bridgehead atoms. The fourth-order valence-corrected chi connectivity index (χ4v) is 2.68. The Morgan fingerprint density at radius 2 is 2.00 bits per heavy atom. The van der Waals surface area contributed by atoms with Gasteiger partial charge in [0.1, 0.15) is 0 Å². The van der Waals surface area contributed by atoms with E-state index in [2.05, 4.69) is 10.6 Å². The number of imide groups is 1. The highest BCUT2D eigenvalue weighted by atomic mass is 16.2. The van der Waals surface area contributed by atoms with Gasteiger partial charge in [-0.05, 0) is 25.3 Å². The molecule has 0 aromatic carbocycles. The van der Waals surface area contributed by atoms with E-state index in [4.69, 9.17) is 0 Å². The molecule has 16 heavy (non-hydrogen) atoms. The van der Waals surface area contributed by atoms with Crippen LogP contribution >= 0.6 is 0 Å². The van der Waals surface area contributed by atoms with Crippen molar-refractivity contribution in [2.24, 2.45) is 5.92 Å². The minimum atomic E-state index is -0.281. The van der Waals surface area contributed by atoms with Crippen molar-refractivity contribution in [2.75, 3.05) is 6.54 Å². The van der Waals surface area contributed by atoms with Crippen LogP contribution in [0.25, 0.3) is 0 Å². The van der Waals surface area contributed by atoms with Gasteiger partial charge in [0.25, 0.3) is 0 Å². The van der Waals surface area contributed by atoms with Crippen LogP contribution in [0, 0.1) is 5.92 Å². The number of nitrogens with one attached hydrogen (secondary N) is 2. The lowest BCUT2D eigenvalue weighted by Gasteiger charge is -2.11. The summed E-state index contributed by atoms with van der Waals surface area (Å²) in [5.74, 6) is 0.588. The highest BCUT2D eigenvalue weighted by Crippen LogP contribution is 2.28. The van der Waals surface area contributed by atoms with E-state index in [9.17, 15) is 9.59 Å². The third-order valence-corrected chi connectivity index (χ3v) is 3.62. The minimum absolute atomic E-state index is 0.154. The molecule has 1 unspecified atom stereocenters. The van der Waals surface area contributed by atoms with Crippen LogP contribution < -0.4 is 10.6 Å². The summed E-state index contributed by atoms with van der Waals surface area (Å²) in [5, 5.41) is 5.46. The van der Waals surface area contributed by atoms with Crippen LogP contribution in [0.2, 0.25) is 0 Å². The zero-order valence-corrected chi connectivity index (χ0v) is 9.63. The van der Waals surface area contributed by atoms with Crippen LogP contribution in [0.3, 0.4) is 0 Å². The number of hydrogen-bond acceptors (Lipinski definition) is 3. The summed E-state index contributed by atoms with van der Waals surface area (Å²) in [5.41, 5.74) is 0. The normalized spacial score (nSPS) is 26.4. The van der Waals surface area contributed by atoms with E-state index in [1.807, 2.05) is 0 Å². The Kier molecular flexibility index (Phi) is 3.93. The van der Waals surface area contributed by atoms with E-state index in [1.165, 1.54) is 32.1 Å². The monoisotopic (exact) mass is 224 g/mol. The Hall–Kier alpha value is -0.900. The first kappa shape index (κ1) is 11.6. The number of rotatable bonds is 5. The first-order valence-corrected chi connectivity index (χ1v) is 6.33. The molecule has 0 radical (unpaired) electrons. The van der Waals surface area contributed by atoms with Gasteiger partial charge in [-0.1, -0.05) is 25.7 Å². The predicted molar refractivity (Wildman–Crippen MR) is 60.7 cm³/mol. The van der Waals surface area contributed by atoms with Crippen LogP contribution in [-0.2, 0) is 9.59 Å². The molecule has 2 N–H and O–H groups in total. The maximum absolute atomic E-state index is 11.2. The van der Waals surface area contributed by atoms with E-state index in [0.29, 0.717) is 6.42 Å². The van der Waals surface area contributed by atoms with Crippen LogP contribution in [0.5, 0.6) is 0 Å². The van der Waals surface area contributed by atoms with Crippen molar-refractivity contribution in [3.63, 3.8) is 0 Å². The van der Waals surface area contributed by atoms with Crippen LogP contribution in [0.15, 0.2) is 0 Å². The van der Waals surface area contributed by atoms with Crippen molar-refractivity contribution in [1.29, 1.82) is 0 Å². The number of carbonyl (C=O) groups excluding carboxylic acids is 2. The Labute approximate surface area is 96.2 Å². The van der Waals surface area contributed by atoms with Gasteiger partial charge in [-0.3, -0.25) is 14.9 Å². The molecule has 2 fully saturated rings. The standard InChI is InChI=1S/C12H20N2O2/c15-11-8-10(12(16)14-11)13-7-3-6-9-4-1-2-5-9/h9-10,13H,1-8H2,(H,14,15,16). The Morgan fingerprint density at radius 3 is 2.62 bits per heavy atom. The Morgan fingerprint density at radius 1 is 1.25 bits per heavy atom. The third kappa shape index (κ3) is 3.04. The first-order chi connectivity index (χ1) is 7.75. The first-order valence-electron chi connectivity index (χ1n) is 6.33. The van der Waals surface area contributed by atoms with Crippen LogP contribution in [-0.4, -0.2) is 24.4 Å². The summed E-state index contributed by atoms with van der Waals surface area (Å²) in [6, 6.07) is -0.281. The maximum Gasteiger partial charge on any atom is 0.244 e. The van der Waals surface area contributed by atoms with Gasteiger partial charge in [0.15, 0.2) is 0 Å². The van der Waals surface area contributed by atoms with Gasteiger partial charge in [-0.2, -0.15) is 0 Å². The summed E-state index contributed by atoms with van der Waals surface area (Å²) >= 11 is 0. The van der Waals surface area contributed by atoms with E-state index in [1.54, 1.807) is 0 Å². The number of hydrogen-bond donors (Lipinski definition) is 2. The van der Waals surface area contributed by atoms with Crippen molar-refractivity contribution < 1.29 is 9.59 Å². The molecule has 0 aromatic heterocycles. The van der Waals surface area contributed by atoms with Crippen molar-refractivity contribution >= 4 is 11.8 Å². The molecule has 90 valence electrons. The van der Waals surface area contributed by atoms with Crippen molar-refractivity contribution in [1.82, 2.24) is 10.6 Å². The van der Waals surface area contributed by atoms with Crippen LogP contribution in [0.4, 0.5) is 0 Å². The summed E-state index contributed by atoms with van der Waals surface area (Å²) in [4.78, 5) is 22.2. The molecule has 1 aliphatic heterocycles. The highest BCUT2D eigenvalue weighted by Gasteiger charge is 2.29. The lowest BCUT2D eigenvalue weighted by atomic mass is 10.0. The molecule has 1 atom stereocenters. The van der Waals surface area contributed by atoms with Crippen molar-refractivity contribution in [3.8, 4) is 0 Å². The second-order valence-electron chi connectivity index (χ2n) is 4.92. The SMILES string of the molecule is O=C1CC(NCCCC2CCCC2)C(=O)N1. The van der Waals surface area contributed by atoms with Crippen molar-refractivity contribution in [3.05, 3.63) is 0 Å². The lowest BCUT2D eigenvalue weighted by Crippen LogP contribution is -2.36. The fraction of sp³-hybridized carbons (Fsp3) is 0.833. The largest absolute Gasteiger partial charge is 0.305 e. The molecule has 1 saturated carbocycles. The van der Waals surface area contributed by atoms with Gasteiger partial charge < -0.3 is 5.32 Å². The summed E-state index contributed by atoms with van der Waals surface area (Å²) in [7, 11) is 0. The molecule has 4 heteroatoms. The third-order valence-electron chi connectivity index (χ3n) is 3.62. The van der Waals surface area contributed by atoms with Gasteiger partial charge >= 0.3 is 0 Å².